The number of amides is 1. The van der Waals surface area contributed by atoms with Gasteiger partial charge in [0.15, 0.2) is 5.78 Å². The lowest BCUT2D eigenvalue weighted by Crippen LogP contribution is -2.54. The van der Waals surface area contributed by atoms with Crippen molar-refractivity contribution in [2.24, 2.45) is 11.7 Å². The van der Waals surface area contributed by atoms with Crippen LogP contribution in [0.15, 0.2) is 24.3 Å². The number of piperidine rings is 1. The summed E-state index contributed by atoms with van der Waals surface area (Å²) < 4.78 is 18.3. The molecule has 1 saturated heterocycles. The summed E-state index contributed by atoms with van der Waals surface area (Å²) in [7, 11) is 0. The van der Waals surface area contributed by atoms with Gasteiger partial charge in [-0.2, -0.15) is 0 Å². The zero-order valence-electron chi connectivity index (χ0n) is 15.0. The molecule has 142 valence electrons. The lowest BCUT2D eigenvalue weighted by atomic mass is 9.76. The molecule has 1 aliphatic carbocycles. The van der Waals surface area contributed by atoms with Gasteiger partial charge < -0.3 is 10.5 Å². The van der Waals surface area contributed by atoms with Crippen molar-refractivity contribution in [2.45, 2.75) is 57.1 Å². The summed E-state index contributed by atoms with van der Waals surface area (Å²) in [4.78, 5) is 25.8. The number of ketones is 1. The Morgan fingerprint density at radius 3 is 2.62 bits per heavy atom. The van der Waals surface area contributed by atoms with Crippen molar-refractivity contribution in [2.75, 3.05) is 13.1 Å². The third-order valence-corrected chi connectivity index (χ3v) is 5.71. The Hall–Kier alpha value is -1.95. The number of fused-ring (bicyclic) bond motifs is 1. The summed E-state index contributed by atoms with van der Waals surface area (Å²) in [6.07, 6.45) is 5.81. The SMILES string of the molecule is NC(=O)O[C@@H]1CCN(CCCC(=O)c2ccc(F)cc2)[C@H]2CCCC[C@H]12. The zero-order valence-corrected chi connectivity index (χ0v) is 15.0. The molecule has 2 N–H and O–H groups in total. The molecule has 0 radical (unpaired) electrons. The van der Waals surface area contributed by atoms with E-state index in [0.717, 1.165) is 45.2 Å². The minimum atomic E-state index is -0.683. The second kappa shape index (κ2) is 8.62. The van der Waals surface area contributed by atoms with Crippen LogP contribution in [0.1, 0.15) is 55.3 Å². The summed E-state index contributed by atoms with van der Waals surface area (Å²) in [5, 5.41) is 0. The van der Waals surface area contributed by atoms with Gasteiger partial charge in [0.2, 0.25) is 0 Å². The van der Waals surface area contributed by atoms with Crippen molar-refractivity contribution in [1.29, 1.82) is 0 Å². The second-order valence-electron chi connectivity index (χ2n) is 7.35. The molecule has 0 unspecified atom stereocenters. The number of carbonyl (C=O) groups is 2. The molecule has 2 aliphatic rings. The Bertz CT molecular complexity index is 634. The van der Waals surface area contributed by atoms with Gasteiger partial charge >= 0.3 is 6.09 Å². The van der Waals surface area contributed by atoms with Crippen LogP contribution >= 0.6 is 0 Å². The molecule has 1 aliphatic heterocycles. The summed E-state index contributed by atoms with van der Waals surface area (Å²) in [5.41, 5.74) is 5.79. The molecule has 26 heavy (non-hydrogen) atoms. The summed E-state index contributed by atoms with van der Waals surface area (Å²) in [5.74, 6) is 0.0703. The standard InChI is InChI=1S/C20H27FN2O3/c21-15-9-7-14(8-10-15)18(24)6-3-12-23-13-11-19(26-20(22)25)16-4-1-2-5-17(16)23/h7-10,16-17,19H,1-6,11-13H2,(H2,22,25)/t16-,17-,19+/m0/s1. The Morgan fingerprint density at radius 2 is 1.88 bits per heavy atom. The maximum Gasteiger partial charge on any atom is 0.404 e. The number of Topliss-reactive ketones (excluding diaryl/α,β-unsaturated/α-hetero) is 1. The minimum Gasteiger partial charge on any atom is -0.446 e. The maximum absolute atomic E-state index is 13.0. The highest BCUT2D eigenvalue weighted by atomic mass is 19.1. The monoisotopic (exact) mass is 362 g/mol. The van der Waals surface area contributed by atoms with Gasteiger partial charge in [-0.05, 0) is 56.5 Å². The Kier molecular flexibility index (Phi) is 6.25. The number of halogens is 1. The predicted molar refractivity (Wildman–Crippen MR) is 96.4 cm³/mol. The van der Waals surface area contributed by atoms with Crippen molar-refractivity contribution in [1.82, 2.24) is 4.90 Å². The topological polar surface area (TPSA) is 72.6 Å². The first-order chi connectivity index (χ1) is 12.5. The Morgan fingerprint density at radius 1 is 1.15 bits per heavy atom. The molecule has 1 aromatic carbocycles. The number of ether oxygens (including phenoxy) is 1. The van der Waals surface area contributed by atoms with Gasteiger partial charge in [0.25, 0.3) is 0 Å². The molecule has 6 heteroatoms. The molecule has 1 heterocycles. The lowest BCUT2D eigenvalue weighted by molar-refractivity contribution is -0.0416. The molecule has 2 fully saturated rings. The van der Waals surface area contributed by atoms with Gasteiger partial charge in [0, 0.05) is 30.5 Å². The van der Waals surface area contributed by atoms with Gasteiger partial charge in [-0.15, -0.1) is 0 Å². The average molecular weight is 362 g/mol. The number of nitrogens with zero attached hydrogens (tertiary/aromatic N) is 1. The van der Waals surface area contributed by atoms with Gasteiger partial charge in [-0.25, -0.2) is 9.18 Å². The van der Waals surface area contributed by atoms with Crippen LogP contribution in [0.2, 0.25) is 0 Å². The number of nitrogens with two attached hydrogens (primary N) is 1. The molecular formula is C20H27FN2O3. The fourth-order valence-corrected chi connectivity index (χ4v) is 4.50. The summed E-state index contributed by atoms with van der Waals surface area (Å²) in [6.45, 7) is 1.72. The molecule has 3 atom stereocenters. The average Bonchev–Trinajstić information content (AvgIpc) is 2.63. The van der Waals surface area contributed by atoms with Crippen molar-refractivity contribution >= 4 is 11.9 Å². The fraction of sp³-hybridized carbons (Fsp3) is 0.600. The second-order valence-corrected chi connectivity index (χ2v) is 7.35. The van der Waals surface area contributed by atoms with Crippen molar-refractivity contribution in [3.05, 3.63) is 35.6 Å². The highest BCUT2D eigenvalue weighted by Crippen LogP contribution is 2.37. The molecule has 3 rings (SSSR count). The van der Waals surface area contributed by atoms with Crippen molar-refractivity contribution in [3.8, 4) is 0 Å². The van der Waals surface area contributed by atoms with E-state index in [1.807, 2.05) is 0 Å². The van der Waals surface area contributed by atoms with Crippen LogP contribution in [0.5, 0.6) is 0 Å². The van der Waals surface area contributed by atoms with E-state index in [-0.39, 0.29) is 17.7 Å². The van der Waals surface area contributed by atoms with Crippen molar-refractivity contribution in [3.63, 3.8) is 0 Å². The van der Waals surface area contributed by atoms with Gasteiger partial charge in [-0.3, -0.25) is 9.69 Å². The van der Waals surface area contributed by atoms with E-state index in [9.17, 15) is 14.0 Å². The van der Waals surface area contributed by atoms with E-state index in [0.29, 0.717) is 23.9 Å². The number of carbonyl (C=O) groups excluding carboxylic acids is 2. The first-order valence-electron chi connectivity index (χ1n) is 9.53. The lowest BCUT2D eigenvalue weighted by Gasteiger charge is -2.47. The molecule has 0 bridgehead atoms. The highest BCUT2D eigenvalue weighted by molar-refractivity contribution is 5.95. The van der Waals surface area contributed by atoms with E-state index in [4.69, 9.17) is 10.5 Å². The van der Waals surface area contributed by atoms with Crippen LogP contribution in [-0.4, -0.2) is 42.0 Å². The number of hydrogen-bond donors (Lipinski definition) is 1. The molecule has 0 aromatic heterocycles. The number of hydrogen-bond acceptors (Lipinski definition) is 4. The minimum absolute atomic E-state index is 0.0529. The van der Waals surface area contributed by atoms with Gasteiger partial charge in [-0.1, -0.05) is 12.8 Å². The zero-order chi connectivity index (χ0) is 18.5. The first kappa shape index (κ1) is 18.8. The number of benzene rings is 1. The fourth-order valence-electron chi connectivity index (χ4n) is 4.50. The van der Waals surface area contributed by atoms with E-state index in [1.54, 1.807) is 12.1 Å². The maximum atomic E-state index is 13.0. The number of rotatable bonds is 6. The molecule has 5 nitrogen and oxygen atoms in total. The number of primary amides is 1. The predicted octanol–water partition coefficient (Wildman–Crippen LogP) is 3.52. The van der Waals surface area contributed by atoms with Gasteiger partial charge in [0.1, 0.15) is 11.9 Å². The van der Waals surface area contributed by atoms with Crippen LogP contribution in [0.3, 0.4) is 0 Å². The summed E-state index contributed by atoms with van der Waals surface area (Å²) >= 11 is 0. The quantitative estimate of drug-likeness (QED) is 0.786. The number of likely N-dealkylation sites (tertiary alicyclic amines) is 1. The van der Waals surface area contributed by atoms with Crippen LogP contribution in [0, 0.1) is 11.7 Å². The highest BCUT2D eigenvalue weighted by Gasteiger charge is 2.40. The molecule has 1 amide bonds. The van der Waals surface area contributed by atoms with E-state index >= 15 is 0 Å². The third kappa shape index (κ3) is 4.61. The van der Waals surface area contributed by atoms with E-state index in [1.165, 1.54) is 18.6 Å². The molecular weight excluding hydrogens is 335 g/mol. The first-order valence-corrected chi connectivity index (χ1v) is 9.53. The smallest absolute Gasteiger partial charge is 0.404 e. The Labute approximate surface area is 153 Å². The van der Waals surface area contributed by atoms with Crippen LogP contribution in [0.4, 0.5) is 9.18 Å². The largest absolute Gasteiger partial charge is 0.446 e. The third-order valence-electron chi connectivity index (χ3n) is 5.71. The van der Waals surface area contributed by atoms with Gasteiger partial charge in [0.05, 0.1) is 0 Å². The molecule has 1 aromatic rings. The normalized spacial score (nSPS) is 26.1. The molecule has 1 saturated carbocycles. The Balaban J connectivity index is 1.52. The summed E-state index contributed by atoms with van der Waals surface area (Å²) in [6, 6.07) is 6.14. The van der Waals surface area contributed by atoms with Crippen molar-refractivity contribution < 1.29 is 18.7 Å². The van der Waals surface area contributed by atoms with Crippen LogP contribution in [-0.2, 0) is 4.74 Å². The van der Waals surface area contributed by atoms with Crippen LogP contribution < -0.4 is 5.73 Å². The van der Waals surface area contributed by atoms with E-state index < -0.39 is 6.09 Å². The van der Waals surface area contributed by atoms with E-state index in [2.05, 4.69) is 4.90 Å². The molecule has 0 spiro atoms. The van der Waals surface area contributed by atoms with Crippen LogP contribution in [0.25, 0.3) is 0 Å².